The molecule has 0 saturated heterocycles. The largest absolute Gasteiger partial charge is 0.391 e. The standard InChI is InChI=1S/C3H5NO4/c1-7-4-8-3(6)2-5/h2,4H,1H3. The lowest BCUT2D eigenvalue weighted by Gasteiger charge is -1.94. The number of hydrogen-bond donors (Lipinski definition) is 1. The van der Waals surface area contributed by atoms with E-state index in [9.17, 15) is 9.59 Å². The van der Waals surface area contributed by atoms with Crippen LogP contribution in [0.1, 0.15) is 0 Å². The minimum absolute atomic E-state index is 0.0199. The van der Waals surface area contributed by atoms with Crippen molar-refractivity contribution in [3.05, 3.63) is 0 Å². The first-order chi connectivity index (χ1) is 3.81. The Morgan fingerprint density at radius 1 is 1.75 bits per heavy atom. The number of carbonyl (C=O) groups is 2. The van der Waals surface area contributed by atoms with Crippen LogP contribution in [-0.2, 0) is 19.3 Å². The van der Waals surface area contributed by atoms with E-state index in [0.29, 0.717) is 0 Å². The quantitative estimate of drug-likeness (QED) is 0.287. The third kappa shape index (κ3) is 3.26. The molecule has 0 aliphatic carbocycles. The molecule has 1 N–H and O–H groups in total. The van der Waals surface area contributed by atoms with Gasteiger partial charge in [0.1, 0.15) is 0 Å². The molecule has 46 valence electrons. The van der Waals surface area contributed by atoms with Crippen LogP contribution in [0, 0.1) is 0 Å². The smallest absolute Gasteiger partial charge is 0.338 e. The minimum Gasteiger partial charge on any atom is -0.338 e. The fourth-order valence-corrected chi connectivity index (χ4v) is 0.107. The molecule has 5 heteroatoms. The van der Waals surface area contributed by atoms with Gasteiger partial charge in [0.05, 0.1) is 7.11 Å². The van der Waals surface area contributed by atoms with Crippen LogP contribution in [0.25, 0.3) is 0 Å². The third-order valence-electron chi connectivity index (χ3n) is 0.322. The molecule has 0 aliphatic heterocycles. The van der Waals surface area contributed by atoms with Gasteiger partial charge in [-0.1, -0.05) is 0 Å². The zero-order valence-corrected chi connectivity index (χ0v) is 4.21. The lowest BCUT2D eigenvalue weighted by atomic mass is 10.8. The Bertz CT molecular complexity index is 91.3. The van der Waals surface area contributed by atoms with Crippen LogP contribution in [-0.4, -0.2) is 19.4 Å². The molecule has 5 nitrogen and oxygen atoms in total. The summed E-state index contributed by atoms with van der Waals surface area (Å²) < 4.78 is 0. The van der Waals surface area contributed by atoms with Crippen LogP contribution in [0.4, 0.5) is 0 Å². The summed E-state index contributed by atoms with van der Waals surface area (Å²) >= 11 is 0. The number of rotatable bonds is 3. The first-order valence-electron chi connectivity index (χ1n) is 1.75. The van der Waals surface area contributed by atoms with Crippen molar-refractivity contribution in [1.29, 1.82) is 0 Å². The van der Waals surface area contributed by atoms with Crippen LogP contribution < -0.4 is 5.64 Å². The van der Waals surface area contributed by atoms with Gasteiger partial charge >= 0.3 is 5.97 Å². The monoisotopic (exact) mass is 119 g/mol. The van der Waals surface area contributed by atoms with Crippen molar-refractivity contribution >= 4 is 12.3 Å². The molecule has 0 fully saturated rings. The Morgan fingerprint density at radius 2 is 2.38 bits per heavy atom. The van der Waals surface area contributed by atoms with E-state index in [1.165, 1.54) is 7.11 Å². The summed E-state index contributed by atoms with van der Waals surface area (Å²) in [5.74, 6) is -1.02. The Balaban J connectivity index is 3.11. The average molecular weight is 119 g/mol. The fourth-order valence-electron chi connectivity index (χ4n) is 0.107. The molecule has 0 spiro atoms. The van der Waals surface area contributed by atoms with Gasteiger partial charge in [-0.25, -0.2) is 4.79 Å². The second kappa shape index (κ2) is 4.23. The zero-order chi connectivity index (χ0) is 6.41. The first kappa shape index (κ1) is 7.06. The maximum Gasteiger partial charge on any atom is 0.391 e. The lowest BCUT2D eigenvalue weighted by Crippen LogP contribution is -2.18. The van der Waals surface area contributed by atoms with Crippen LogP contribution in [0.3, 0.4) is 0 Å². The SMILES string of the molecule is CONOC(=O)C=O. The molecule has 0 aromatic rings. The molecular formula is C3H5NO4. The van der Waals surface area contributed by atoms with Gasteiger partial charge in [-0.05, 0) is 5.64 Å². The highest BCUT2D eigenvalue weighted by Gasteiger charge is 1.94. The Kier molecular flexibility index (Phi) is 3.73. The molecule has 8 heavy (non-hydrogen) atoms. The number of hydrogen-bond acceptors (Lipinski definition) is 5. The highest BCUT2D eigenvalue weighted by molar-refractivity contribution is 6.20. The average Bonchev–Trinajstić information content (AvgIpc) is 1.83. The molecule has 0 bridgehead atoms. The van der Waals surface area contributed by atoms with E-state index in [0.717, 1.165) is 0 Å². The van der Waals surface area contributed by atoms with E-state index in [2.05, 4.69) is 9.68 Å². The summed E-state index contributed by atoms with van der Waals surface area (Å²) in [4.78, 5) is 27.2. The topological polar surface area (TPSA) is 64.6 Å². The molecule has 0 aromatic heterocycles. The van der Waals surface area contributed by atoms with Crippen molar-refractivity contribution in [2.75, 3.05) is 7.11 Å². The normalized spacial score (nSPS) is 8.12. The van der Waals surface area contributed by atoms with Crippen LogP contribution >= 0.6 is 0 Å². The summed E-state index contributed by atoms with van der Waals surface area (Å²) in [6.07, 6.45) is 0.0199. The highest BCUT2D eigenvalue weighted by Crippen LogP contribution is 1.62. The second-order valence-corrected chi connectivity index (χ2v) is 0.826. The number of aldehydes is 1. The van der Waals surface area contributed by atoms with E-state index >= 15 is 0 Å². The van der Waals surface area contributed by atoms with Gasteiger partial charge in [-0.3, -0.25) is 9.63 Å². The van der Waals surface area contributed by atoms with E-state index in [-0.39, 0.29) is 6.29 Å². The Labute approximate surface area is 45.5 Å². The zero-order valence-electron chi connectivity index (χ0n) is 4.21. The molecule has 0 aliphatic rings. The van der Waals surface area contributed by atoms with Gasteiger partial charge in [0, 0.05) is 0 Å². The van der Waals surface area contributed by atoms with E-state index < -0.39 is 5.97 Å². The van der Waals surface area contributed by atoms with Gasteiger partial charge in [0.2, 0.25) is 6.29 Å². The summed E-state index contributed by atoms with van der Waals surface area (Å²) in [5, 5.41) is 0. The minimum atomic E-state index is -1.02. The van der Waals surface area contributed by atoms with Gasteiger partial charge in [-0.15, -0.1) is 0 Å². The summed E-state index contributed by atoms with van der Waals surface area (Å²) in [6.45, 7) is 0. The molecule has 0 rings (SSSR count). The van der Waals surface area contributed by atoms with Crippen molar-refractivity contribution in [2.24, 2.45) is 0 Å². The predicted octanol–water partition coefficient (Wildman–Crippen LogP) is -1.21. The van der Waals surface area contributed by atoms with E-state index in [1.807, 2.05) is 0 Å². The molecule has 0 saturated carbocycles. The van der Waals surface area contributed by atoms with Gasteiger partial charge in [-0.2, -0.15) is 0 Å². The van der Waals surface area contributed by atoms with Crippen LogP contribution in [0.5, 0.6) is 0 Å². The van der Waals surface area contributed by atoms with Crippen molar-refractivity contribution in [3.8, 4) is 0 Å². The molecule has 0 atom stereocenters. The maximum absolute atomic E-state index is 9.84. The van der Waals surface area contributed by atoms with Gasteiger partial charge in [0.25, 0.3) is 0 Å². The second-order valence-electron chi connectivity index (χ2n) is 0.826. The molecular weight excluding hydrogens is 114 g/mol. The van der Waals surface area contributed by atoms with E-state index in [4.69, 9.17) is 0 Å². The molecule has 0 amide bonds. The highest BCUT2D eigenvalue weighted by atomic mass is 16.9. The molecule has 0 aromatic carbocycles. The van der Waals surface area contributed by atoms with Crippen molar-refractivity contribution < 1.29 is 19.3 Å². The van der Waals surface area contributed by atoms with Crippen molar-refractivity contribution in [2.45, 2.75) is 0 Å². The fraction of sp³-hybridized carbons (Fsp3) is 0.333. The Morgan fingerprint density at radius 3 is 2.75 bits per heavy atom. The third-order valence-corrected chi connectivity index (χ3v) is 0.322. The van der Waals surface area contributed by atoms with Gasteiger partial charge < -0.3 is 4.84 Å². The number of carbonyl (C=O) groups excluding carboxylic acids is 2. The van der Waals surface area contributed by atoms with Crippen LogP contribution in [0.2, 0.25) is 0 Å². The molecule has 0 unspecified atom stereocenters. The van der Waals surface area contributed by atoms with Crippen molar-refractivity contribution in [3.63, 3.8) is 0 Å². The van der Waals surface area contributed by atoms with Crippen LogP contribution in [0.15, 0.2) is 0 Å². The van der Waals surface area contributed by atoms with Crippen molar-refractivity contribution in [1.82, 2.24) is 5.64 Å². The van der Waals surface area contributed by atoms with Gasteiger partial charge in [0.15, 0.2) is 0 Å². The number of nitrogens with one attached hydrogen (secondary N) is 1. The first-order valence-corrected chi connectivity index (χ1v) is 1.75. The Hall–Kier alpha value is -0.940. The molecule has 0 heterocycles. The maximum atomic E-state index is 9.84. The van der Waals surface area contributed by atoms with E-state index in [1.54, 1.807) is 5.64 Å². The summed E-state index contributed by atoms with van der Waals surface area (Å²) in [5.41, 5.74) is 1.72. The lowest BCUT2D eigenvalue weighted by molar-refractivity contribution is -0.183. The molecule has 0 radical (unpaired) electrons. The predicted molar refractivity (Wildman–Crippen MR) is 22.3 cm³/mol. The summed E-state index contributed by atoms with van der Waals surface area (Å²) in [6, 6.07) is 0. The summed E-state index contributed by atoms with van der Waals surface area (Å²) in [7, 11) is 1.25.